The quantitative estimate of drug-likeness (QED) is 0.365. The molecular weight excluding hydrogens is 517 g/mol. The Hall–Kier alpha value is -3.80. The van der Waals surface area contributed by atoms with Gasteiger partial charge in [0, 0.05) is 38.7 Å². The second-order valence-electron chi connectivity index (χ2n) is 9.22. The molecule has 2 atom stereocenters. The van der Waals surface area contributed by atoms with Crippen LogP contribution < -0.4 is 10.5 Å². The molecule has 3 N–H and O–H groups in total. The van der Waals surface area contributed by atoms with Crippen LogP contribution in [0.25, 0.3) is 11.0 Å². The Bertz CT molecular complexity index is 1240. The lowest BCUT2D eigenvalue weighted by atomic mass is 10.1. The van der Waals surface area contributed by atoms with Crippen molar-refractivity contribution in [2.45, 2.75) is 57.3 Å². The summed E-state index contributed by atoms with van der Waals surface area (Å²) >= 11 is 0. The molecule has 0 saturated carbocycles. The minimum atomic E-state index is -5.08. The minimum absolute atomic E-state index is 0.0760. The minimum Gasteiger partial charge on any atom is -0.475 e. The predicted octanol–water partition coefficient (Wildman–Crippen LogP) is 5.41. The van der Waals surface area contributed by atoms with Gasteiger partial charge in [0.1, 0.15) is 11.5 Å². The van der Waals surface area contributed by atoms with Crippen molar-refractivity contribution in [3.63, 3.8) is 0 Å². The predicted molar refractivity (Wildman–Crippen MR) is 140 cm³/mol. The summed E-state index contributed by atoms with van der Waals surface area (Å²) < 4.78 is 45.4. The molecule has 1 aliphatic rings. The number of carboxylic acid groups (broad SMARTS) is 1. The van der Waals surface area contributed by atoms with Gasteiger partial charge >= 0.3 is 12.1 Å². The molecule has 3 aromatic rings. The summed E-state index contributed by atoms with van der Waals surface area (Å²) in [5.41, 5.74) is 8.05. The first-order valence-corrected chi connectivity index (χ1v) is 12.7. The molecule has 4 rings (SSSR count). The van der Waals surface area contributed by atoms with E-state index in [4.69, 9.17) is 25.1 Å². The maximum Gasteiger partial charge on any atom is 0.490 e. The normalized spacial score (nSPS) is 15.9. The summed E-state index contributed by atoms with van der Waals surface area (Å²) in [5, 5.41) is 7.12. The van der Waals surface area contributed by atoms with E-state index in [1.807, 2.05) is 60.1 Å². The molecule has 0 radical (unpaired) electrons. The zero-order chi connectivity index (χ0) is 28.6. The van der Waals surface area contributed by atoms with Gasteiger partial charge in [0.05, 0.1) is 17.1 Å². The second-order valence-corrected chi connectivity index (χ2v) is 9.22. The monoisotopic (exact) mass is 550 g/mol. The Labute approximate surface area is 224 Å². The van der Waals surface area contributed by atoms with Gasteiger partial charge in [0.15, 0.2) is 0 Å². The molecule has 1 fully saturated rings. The summed E-state index contributed by atoms with van der Waals surface area (Å²) in [6.45, 7) is 3.57. The van der Waals surface area contributed by atoms with E-state index in [0.717, 1.165) is 48.4 Å². The third kappa shape index (κ3) is 8.34. The summed E-state index contributed by atoms with van der Waals surface area (Å²) in [7, 11) is 1.86. The van der Waals surface area contributed by atoms with Crippen molar-refractivity contribution in [3.8, 4) is 11.5 Å². The first-order valence-electron chi connectivity index (χ1n) is 12.7. The number of hydrogen-bond donors (Lipinski definition) is 2. The molecule has 1 saturated heterocycles. The van der Waals surface area contributed by atoms with E-state index in [1.165, 1.54) is 0 Å². The average molecular weight is 551 g/mol. The van der Waals surface area contributed by atoms with Crippen molar-refractivity contribution >= 4 is 28.9 Å². The number of carbonyl (C=O) groups excluding carboxylic acids is 1. The van der Waals surface area contributed by atoms with Gasteiger partial charge < -0.3 is 29.8 Å². The van der Waals surface area contributed by atoms with Crippen LogP contribution in [0, 0.1) is 0 Å². The highest BCUT2D eigenvalue weighted by atomic mass is 19.4. The molecule has 1 amide bonds. The van der Waals surface area contributed by atoms with Crippen molar-refractivity contribution in [1.29, 1.82) is 0 Å². The number of amides is 1. The van der Waals surface area contributed by atoms with Crippen LogP contribution in [0.2, 0.25) is 0 Å². The average Bonchev–Trinajstić information content (AvgIpc) is 3.52. The summed E-state index contributed by atoms with van der Waals surface area (Å²) in [5.74, 6) is -0.656. The standard InChI is InChI=1S/C25H32N4O3.C2HF3O2/c1-3-18(11-14-24(30)28(2)17-21-10-7-15-31-21)29-23-16-20(12-13-22(23)27-25(29)26)32-19-8-5-4-6-9-19;3-2(4,5)1(6)7/h4-6,8-9,12-13,16,18,21H,3,7,10-11,14-15,17H2,1-2H3,(H2,26,27);(H,6,7)/t18-,21+;/m1./s1. The highest BCUT2D eigenvalue weighted by molar-refractivity contribution is 5.80. The molecule has 2 aromatic carbocycles. The van der Waals surface area contributed by atoms with E-state index in [9.17, 15) is 18.0 Å². The number of alkyl halides is 3. The molecule has 0 bridgehead atoms. The number of benzene rings is 2. The molecule has 2 heterocycles. The number of ether oxygens (including phenoxy) is 2. The molecule has 39 heavy (non-hydrogen) atoms. The van der Waals surface area contributed by atoms with Gasteiger partial charge in [0.2, 0.25) is 11.9 Å². The Morgan fingerprint density at radius 3 is 2.51 bits per heavy atom. The zero-order valence-corrected chi connectivity index (χ0v) is 21.9. The number of likely N-dealkylation sites (N-methyl/N-ethyl adjacent to an activating group) is 1. The van der Waals surface area contributed by atoms with Crippen LogP contribution >= 0.6 is 0 Å². The van der Waals surface area contributed by atoms with Gasteiger partial charge in [-0.2, -0.15) is 13.2 Å². The van der Waals surface area contributed by atoms with Gasteiger partial charge in [-0.05, 0) is 49.9 Å². The van der Waals surface area contributed by atoms with E-state index in [2.05, 4.69) is 11.9 Å². The van der Waals surface area contributed by atoms with E-state index in [0.29, 0.717) is 25.3 Å². The Balaban J connectivity index is 0.000000532. The highest BCUT2D eigenvalue weighted by Gasteiger charge is 2.38. The van der Waals surface area contributed by atoms with Gasteiger partial charge in [0.25, 0.3) is 0 Å². The van der Waals surface area contributed by atoms with E-state index >= 15 is 0 Å². The van der Waals surface area contributed by atoms with Crippen LogP contribution in [-0.2, 0) is 14.3 Å². The fraction of sp³-hybridized carbons (Fsp3) is 0.444. The van der Waals surface area contributed by atoms with Crippen LogP contribution in [0.5, 0.6) is 11.5 Å². The highest BCUT2D eigenvalue weighted by Crippen LogP contribution is 2.32. The Morgan fingerprint density at radius 1 is 1.23 bits per heavy atom. The van der Waals surface area contributed by atoms with Crippen molar-refractivity contribution in [2.75, 3.05) is 25.9 Å². The lowest BCUT2D eigenvalue weighted by Crippen LogP contribution is -2.34. The second kappa shape index (κ2) is 13.3. The maximum absolute atomic E-state index is 12.7. The van der Waals surface area contributed by atoms with Gasteiger partial charge in [-0.15, -0.1) is 0 Å². The number of rotatable bonds is 9. The number of nitrogens with zero attached hydrogens (tertiary/aromatic N) is 3. The Kier molecular flexibility index (Phi) is 10.2. The molecule has 9 nitrogen and oxygen atoms in total. The third-order valence-electron chi connectivity index (χ3n) is 6.36. The van der Waals surface area contributed by atoms with Crippen molar-refractivity contribution < 1.29 is 37.3 Å². The maximum atomic E-state index is 12.7. The SMILES string of the molecule is CC[C@H](CCC(=O)N(C)C[C@@H]1CCCO1)n1c(N)nc2ccc(Oc3ccccc3)cc21.O=C(O)C(F)(F)F. The molecule has 0 aliphatic carbocycles. The number of halogens is 3. The lowest BCUT2D eigenvalue weighted by molar-refractivity contribution is -0.192. The number of aromatic nitrogens is 2. The number of anilines is 1. The summed E-state index contributed by atoms with van der Waals surface area (Å²) in [6, 6.07) is 15.5. The van der Waals surface area contributed by atoms with E-state index in [1.54, 1.807) is 4.90 Å². The third-order valence-corrected chi connectivity index (χ3v) is 6.36. The van der Waals surface area contributed by atoms with Crippen molar-refractivity contribution in [2.24, 2.45) is 0 Å². The van der Waals surface area contributed by atoms with Crippen molar-refractivity contribution in [1.82, 2.24) is 14.5 Å². The Morgan fingerprint density at radius 2 is 1.92 bits per heavy atom. The number of carbonyl (C=O) groups is 2. The van der Waals surface area contributed by atoms with Crippen molar-refractivity contribution in [3.05, 3.63) is 48.5 Å². The number of fused-ring (bicyclic) bond motifs is 1. The van der Waals surface area contributed by atoms with E-state index < -0.39 is 12.1 Å². The van der Waals surface area contributed by atoms with Crippen LogP contribution in [0.15, 0.2) is 48.5 Å². The number of nitrogen functional groups attached to an aromatic ring is 1. The number of hydrogen-bond acceptors (Lipinski definition) is 6. The number of para-hydroxylation sites is 1. The van der Waals surface area contributed by atoms with Gasteiger partial charge in [-0.1, -0.05) is 25.1 Å². The van der Waals surface area contributed by atoms with Crippen LogP contribution in [0.1, 0.15) is 45.1 Å². The molecule has 212 valence electrons. The summed E-state index contributed by atoms with van der Waals surface area (Å²) in [6.07, 6.45) is -0.802. The number of imidazole rings is 1. The fourth-order valence-corrected chi connectivity index (χ4v) is 4.36. The lowest BCUT2D eigenvalue weighted by Gasteiger charge is -2.23. The molecule has 0 unspecified atom stereocenters. The molecule has 12 heteroatoms. The fourth-order valence-electron chi connectivity index (χ4n) is 4.36. The number of nitrogens with two attached hydrogens (primary N) is 1. The summed E-state index contributed by atoms with van der Waals surface area (Å²) in [4.78, 5) is 27.9. The number of aliphatic carboxylic acids is 1. The first kappa shape index (κ1) is 29.8. The smallest absolute Gasteiger partial charge is 0.475 e. The first-order chi connectivity index (χ1) is 18.5. The molecule has 0 spiro atoms. The topological polar surface area (TPSA) is 120 Å². The molecule has 1 aliphatic heterocycles. The van der Waals surface area contributed by atoms with Gasteiger partial charge in [-0.25, -0.2) is 9.78 Å². The molecule has 1 aromatic heterocycles. The van der Waals surface area contributed by atoms with Gasteiger partial charge in [-0.3, -0.25) is 4.79 Å². The van der Waals surface area contributed by atoms with Crippen LogP contribution in [0.4, 0.5) is 19.1 Å². The molecular formula is C27H33F3N4O5. The number of carboxylic acids is 1. The van der Waals surface area contributed by atoms with Crippen LogP contribution in [0.3, 0.4) is 0 Å². The van der Waals surface area contributed by atoms with E-state index in [-0.39, 0.29) is 18.1 Å². The largest absolute Gasteiger partial charge is 0.490 e. The zero-order valence-electron chi connectivity index (χ0n) is 21.9. The van der Waals surface area contributed by atoms with Crippen LogP contribution in [-0.4, -0.2) is 63.9 Å².